The van der Waals surface area contributed by atoms with Gasteiger partial charge in [0, 0.05) is 30.5 Å². The van der Waals surface area contributed by atoms with Crippen LogP contribution in [-0.4, -0.2) is 37.5 Å². The number of benzene rings is 1. The summed E-state index contributed by atoms with van der Waals surface area (Å²) in [6.45, 7) is 1.51. The van der Waals surface area contributed by atoms with Crippen molar-refractivity contribution >= 4 is 0 Å². The van der Waals surface area contributed by atoms with E-state index in [4.69, 9.17) is 9.47 Å². The molecular formula is C18H25NO3. The van der Waals surface area contributed by atoms with E-state index in [9.17, 15) is 5.11 Å². The summed E-state index contributed by atoms with van der Waals surface area (Å²) in [5, 5.41) is 14.1. The minimum absolute atomic E-state index is 0.370. The highest BCUT2D eigenvalue weighted by atomic mass is 16.5. The molecule has 0 bridgehead atoms. The van der Waals surface area contributed by atoms with Crippen LogP contribution in [0.3, 0.4) is 0 Å². The number of methoxy groups -OCH3 is 1. The molecule has 2 saturated carbocycles. The van der Waals surface area contributed by atoms with E-state index in [1.165, 1.54) is 25.7 Å². The molecule has 1 heterocycles. The molecule has 0 aromatic heterocycles. The predicted octanol–water partition coefficient (Wildman–Crippen LogP) is 2.28. The maximum atomic E-state index is 10.5. The van der Waals surface area contributed by atoms with Crippen molar-refractivity contribution in [1.29, 1.82) is 0 Å². The number of rotatable bonds is 5. The van der Waals surface area contributed by atoms with Crippen molar-refractivity contribution in [2.75, 3.05) is 20.3 Å². The van der Waals surface area contributed by atoms with E-state index in [0.29, 0.717) is 30.0 Å². The lowest BCUT2D eigenvalue weighted by Crippen LogP contribution is -2.71. The van der Waals surface area contributed by atoms with Crippen LogP contribution in [0.2, 0.25) is 0 Å². The average molecular weight is 303 g/mol. The van der Waals surface area contributed by atoms with Gasteiger partial charge in [-0.1, -0.05) is 18.6 Å². The summed E-state index contributed by atoms with van der Waals surface area (Å²) < 4.78 is 11.2. The van der Waals surface area contributed by atoms with Crippen molar-refractivity contribution in [1.82, 2.24) is 5.32 Å². The van der Waals surface area contributed by atoms with Crippen LogP contribution in [0.4, 0.5) is 0 Å². The van der Waals surface area contributed by atoms with Crippen LogP contribution in [-0.2, 0) is 4.74 Å². The third-order valence-electron chi connectivity index (χ3n) is 6.05. The molecule has 4 unspecified atom stereocenters. The predicted molar refractivity (Wildman–Crippen MR) is 83.9 cm³/mol. The molecule has 0 amide bonds. The second-order valence-corrected chi connectivity index (χ2v) is 7.01. The molecule has 2 aliphatic carbocycles. The summed E-state index contributed by atoms with van der Waals surface area (Å²) in [7, 11) is 1.65. The van der Waals surface area contributed by atoms with E-state index in [-0.39, 0.29) is 0 Å². The largest absolute Gasteiger partial charge is 0.497 e. The molecule has 1 aliphatic heterocycles. The highest BCUT2D eigenvalue weighted by molar-refractivity contribution is 5.30. The molecule has 1 saturated heterocycles. The molecule has 1 aromatic rings. The molecule has 1 aromatic carbocycles. The Hall–Kier alpha value is -1.10. The molecule has 4 heteroatoms. The summed E-state index contributed by atoms with van der Waals surface area (Å²) in [6.07, 6.45) is 5.03. The number of ether oxygens (including phenoxy) is 2. The Labute approximate surface area is 131 Å². The second-order valence-electron chi connectivity index (χ2n) is 7.01. The number of aliphatic hydroxyl groups excluding tert-OH is 1. The molecule has 3 fully saturated rings. The molecule has 4 rings (SSSR count). The zero-order chi connectivity index (χ0) is 15.2. The van der Waals surface area contributed by atoms with Gasteiger partial charge >= 0.3 is 0 Å². The van der Waals surface area contributed by atoms with Crippen LogP contribution in [0.5, 0.6) is 5.75 Å². The van der Waals surface area contributed by atoms with E-state index in [1.807, 2.05) is 24.3 Å². The Balaban J connectivity index is 1.39. The van der Waals surface area contributed by atoms with Gasteiger partial charge in [0.2, 0.25) is 0 Å². The van der Waals surface area contributed by atoms with E-state index >= 15 is 0 Å². The quantitative estimate of drug-likeness (QED) is 0.876. The average Bonchev–Trinajstić information content (AvgIpc) is 2.91. The Morgan fingerprint density at radius 1 is 1.45 bits per heavy atom. The molecule has 22 heavy (non-hydrogen) atoms. The van der Waals surface area contributed by atoms with Gasteiger partial charge in [-0.2, -0.15) is 0 Å². The van der Waals surface area contributed by atoms with Gasteiger partial charge in [-0.3, -0.25) is 0 Å². The normalized spacial score (nSPS) is 32.9. The van der Waals surface area contributed by atoms with Crippen molar-refractivity contribution in [2.45, 2.75) is 43.9 Å². The minimum Gasteiger partial charge on any atom is -0.497 e. The van der Waals surface area contributed by atoms with Crippen LogP contribution in [0.15, 0.2) is 24.3 Å². The van der Waals surface area contributed by atoms with Crippen molar-refractivity contribution in [3.63, 3.8) is 0 Å². The van der Waals surface area contributed by atoms with Crippen LogP contribution >= 0.6 is 0 Å². The smallest absolute Gasteiger partial charge is 0.119 e. The van der Waals surface area contributed by atoms with Crippen molar-refractivity contribution < 1.29 is 14.6 Å². The summed E-state index contributed by atoms with van der Waals surface area (Å²) >= 11 is 0. The van der Waals surface area contributed by atoms with Gasteiger partial charge in [0.25, 0.3) is 0 Å². The van der Waals surface area contributed by atoms with Gasteiger partial charge in [0.1, 0.15) is 5.75 Å². The summed E-state index contributed by atoms with van der Waals surface area (Å²) in [5.74, 6) is 1.44. The first kappa shape index (κ1) is 14.5. The molecule has 4 nitrogen and oxygen atoms in total. The first-order valence-electron chi connectivity index (χ1n) is 8.41. The molecule has 4 atom stereocenters. The Morgan fingerprint density at radius 3 is 3.05 bits per heavy atom. The molecular weight excluding hydrogens is 278 g/mol. The van der Waals surface area contributed by atoms with Gasteiger partial charge in [-0.15, -0.1) is 0 Å². The van der Waals surface area contributed by atoms with Gasteiger partial charge in [0.05, 0.1) is 19.3 Å². The number of nitrogens with one attached hydrogen (secondary N) is 1. The van der Waals surface area contributed by atoms with Gasteiger partial charge in [-0.05, 0) is 37.0 Å². The van der Waals surface area contributed by atoms with Gasteiger partial charge in [-0.25, -0.2) is 0 Å². The maximum absolute atomic E-state index is 10.5. The van der Waals surface area contributed by atoms with Crippen LogP contribution in [0, 0.1) is 11.3 Å². The Kier molecular flexibility index (Phi) is 3.63. The molecule has 3 aliphatic rings. The fourth-order valence-corrected chi connectivity index (χ4v) is 4.77. The van der Waals surface area contributed by atoms with E-state index in [0.717, 1.165) is 17.9 Å². The van der Waals surface area contributed by atoms with Crippen molar-refractivity contribution in [3.05, 3.63) is 29.8 Å². The topological polar surface area (TPSA) is 50.7 Å². The van der Waals surface area contributed by atoms with Crippen molar-refractivity contribution in [3.8, 4) is 5.75 Å². The van der Waals surface area contributed by atoms with Crippen LogP contribution in [0.25, 0.3) is 0 Å². The Bertz CT molecular complexity index is 543. The lowest BCUT2D eigenvalue weighted by Gasteiger charge is -2.63. The highest BCUT2D eigenvalue weighted by Crippen LogP contribution is 2.62. The maximum Gasteiger partial charge on any atom is 0.119 e. The van der Waals surface area contributed by atoms with E-state index in [2.05, 4.69) is 5.32 Å². The first-order chi connectivity index (χ1) is 10.7. The number of fused-ring (bicyclic) bond motifs is 2. The summed E-state index contributed by atoms with van der Waals surface area (Å²) in [5.41, 5.74) is 1.28. The molecule has 0 radical (unpaired) electrons. The zero-order valence-electron chi connectivity index (χ0n) is 13.1. The summed E-state index contributed by atoms with van der Waals surface area (Å²) in [6, 6.07) is 8.22. The Morgan fingerprint density at radius 2 is 2.32 bits per heavy atom. The fourth-order valence-electron chi connectivity index (χ4n) is 4.77. The number of hydrogen-bond donors (Lipinski definition) is 2. The molecule has 1 spiro atoms. The standard InChI is InChI=1S/C18H25NO3/c1-21-13-5-2-4-12(10-13)15(20)11-19-16-14-6-9-22-17(14)18(16)7-3-8-18/h2,4-5,10,14-17,19-20H,3,6-9,11H2,1H3. The lowest BCUT2D eigenvalue weighted by molar-refractivity contribution is -0.177. The van der Waals surface area contributed by atoms with Crippen molar-refractivity contribution in [2.24, 2.45) is 11.3 Å². The number of hydrogen-bond acceptors (Lipinski definition) is 4. The first-order valence-corrected chi connectivity index (χ1v) is 8.41. The van der Waals surface area contributed by atoms with E-state index < -0.39 is 6.10 Å². The molecule has 2 N–H and O–H groups in total. The third-order valence-corrected chi connectivity index (χ3v) is 6.05. The SMILES string of the molecule is COc1cccc(C(O)CNC2C3CCOC3C23CCC3)c1. The van der Waals surface area contributed by atoms with Gasteiger partial charge in [0.15, 0.2) is 0 Å². The van der Waals surface area contributed by atoms with Gasteiger partial charge < -0.3 is 19.9 Å². The third kappa shape index (κ3) is 2.08. The molecule has 120 valence electrons. The monoisotopic (exact) mass is 303 g/mol. The zero-order valence-corrected chi connectivity index (χ0v) is 13.1. The van der Waals surface area contributed by atoms with E-state index in [1.54, 1.807) is 7.11 Å². The second kappa shape index (κ2) is 5.52. The number of aliphatic hydroxyl groups is 1. The fraction of sp³-hybridized carbons (Fsp3) is 0.667. The van der Waals surface area contributed by atoms with Crippen LogP contribution < -0.4 is 10.1 Å². The minimum atomic E-state index is -0.492. The lowest BCUT2D eigenvalue weighted by atomic mass is 9.46. The van der Waals surface area contributed by atoms with Crippen LogP contribution in [0.1, 0.15) is 37.4 Å². The summed E-state index contributed by atoms with van der Waals surface area (Å²) in [4.78, 5) is 0. The highest BCUT2D eigenvalue weighted by Gasteiger charge is 2.66.